The molecule has 1 aromatic rings. The fourth-order valence-corrected chi connectivity index (χ4v) is 7.76. The predicted octanol–water partition coefficient (Wildman–Crippen LogP) is 6.22. The largest absolute Gasteiger partial charge is 0.412 e. The fourth-order valence-electron chi connectivity index (χ4n) is 2.76. The van der Waals surface area contributed by atoms with Gasteiger partial charge in [0.15, 0.2) is 0 Å². The third-order valence-electron chi connectivity index (χ3n) is 4.20. The van der Waals surface area contributed by atoms with Crippen LogP contribution in [0.5, 0.6) is 0 Å². The molecule has 0 spiro atoms. The van der Waals surface area contributed by atoms with Crippen molar-refractivity contribution in [2.75, 3.05) is 18.5 Å². The average Bonchev–Trinajstić information content (AvgIpc) is 2.56. The summed E-state index contributed by atoms with van der Waals surface area (Å²) in [5, 5.41) is 0. The Bertz CT molecular complexity index is 421. The van der Waals surface area contributed by atoms with Gasteiger partial charge in [-0.05, 0) is 50.3 Å². The van der Waals surface area contributed by atoms with E-state index in [1.165, 1.54) is 57.0 Å². The number of hydrogen-bond acceptors (Lipinski definition) is 1. The summed E-state index contributed by atoms with van der Waals surface area (Å²) in [6.07, 6.45) is 11.4. The highest BCUT2D eigenvalue weighted by molar-refractivity contribution is 7.67. The molecule has 4 heteroatoms. The molecule has 0 atom stereocenters. The van der Waals surface area contributed by atoms with Crippen LogP contribution >= 0.6 is 18.5 Å². The maximum absolute atomic E-state index is 6.69. The first-order chi connectivity index (χ1) is 10.7. The Labute approximate surface area is 143 Å². The quantitative estimate of drug-likeness (QED) is 0.335. The molecule has 0 aliphatic heterocycles. The number of nitrogens with zero attached hydrogens (tertiary/aromatic N) is 1. The van der Waals surface area contributed by atoms with Crippen LogP contribution in [0, 0.1) is 0 Å². The highest BCUT2D eigenvalue weighted by Crippen LogP contribution is 2.52. The zero-order valence-electron chi connectivity index (χ0n) is 14.6. The Balaban J connectivity index is 3.04. The van der Waals surface area contributed by atoms with Crippen molar-refractivity contribution in [1.29, 1.82) is 0 Å². The molecular formula is C18H32BClNP. The lowest BCUT2D eigenvalue weighted by Crippen LogP contribution is -2.22. The molecule has 0 fully saturated rings. The highest BCUT2D eigenvalue weighted by Gasteiger charge is 2.22. The fraction of sp³-hybridized carbons (Fsp3) is 0.667. The molecule has 0 aromatic heterocycles. The van der Waals surface area contributed by atoms with Crippen molar-refractivity contribution in [2.24, 2.45) is 4.66 Å². The zero-order chi connectivity index (χ0) is 16.3. The number of benzene rings is 1. The summed E-state index contributed by atoms with van der Waals surface area (Å²) in [6, 6.07) is 10.4. The van der Waals surface area contributed by atoms with Crippen LogP contribution in [0.15, 0.2) is 35.0 Å². The highest BCUT2D eigenvalue weighted by atomic mass is 35.5. The molecular weight excluding hydrogens is 307 g/mol. The van der Waals surface area contributed by atoms with Crippen molar-refractivity contribution < 1.29 is 0 Å². The molecule has 124 valence electrons. The third-order valence-corrected chi connectivity index (χ3v) is 8.86. The van der Waals surface area contributed by atoms with E-state index in [-0.39, 0.29) is 6.26 Å². The van der Waals surface area contributed by atoms with Gasteiger partial charge in [0, 0.05) is 0 Å². The number of hydrogen-bond donors (Lipinski definition) is 0. The van der Waals surface area contributed by atoms with E-state index in [1.54, 1.807) is 0 Å². The molecule has 22 heavy (non-hydrogen) atoms. The summed E-state index contributed by atoms with van der Waals surface area (Å²) >= 11 is 6.69. The van der Waals surface area contributed by atoms with Gasteiger partial charge in [-0.3, -0.25) is 0 Å². The van der Waals surface area contributed by atoms with E-state index in [9.17, 15) is 0 Å². The topological polar surface area (TPSA) is 12.4 Å². The van der Waals surface area contributed by atoms with Gasteiger partial charge < -0.3 is 4.66 Å². The smallest absolute Gasteiger partial charge is 0.333 e. The van der Waals surface area contributed by atoms with Crippen LogP contribution in [0.1, 0.15) is 59.3 Å². The van der Waals surface area contributed by atoms with Gasteiger partial charge in [0.05, 0.1) is 0 Å². The Hall–Kier alpha value is -0.195. The minimum atomic E-state index is -1.27. The van der Waals surface area contributed by atoms with Crippen molar-refractivity contribution in [3.05, 3.63) is 30.3 Å². The first kappa shape index (κ1) is 19.9. The van der Waals surface area contributed by atoms with Crippen LogP contribution < -0.4 is 5.46 Å². The minimum absolute atomic E-state index is 0.167. The van der Waals surface area contributed by atoms with Crippen molar-refractivity contribution in [3.63, 3.8) is 0 Å². The van der Waals surface area contributed by atoms with Gasteiger partial charge in [-0.1, -0.05) is 70.4 Å². The summed E-state index contributed by atoms with van der Waals surface area (Å²) in [6.45, 7) is 6.84. The SMILES string of the molecule is CCCCP(CCCC)(CCCC)=NB(Cl)c1ccccc1. The second-order valence-corrected chi connectivity index (χ2v) is 10.4. The second kappa shape index (κ2) is 11.4. The van der Waals surface area contributed by atoms with Crippen molar-refractivity contribution in [1.82, 2.24) is 0 Å². The predicted molar refractivity (Wildman–Crippen MR) is 106 cm³/mol. The molecule has 0 saturated carbocycles. The number of rotatable bonds is 11. The van der Waals surface area contributed by atoms with Gasteiger partial charge in [0.2, 0.25) is 0 Å². The molecule has 0 saturated heterocycles. The van der Waals surface area contributed by atoms with E-state index >= 15 is 0 Å². The molecule has 1 aromatic carbocycles. The zero-order valence-corrected chi connectivity index (χ0v) is 16.3. The van der Waals surface area contributed by atoms with Crippen molar-refractivity contribution >= 4 is 30.2 Å². The van der Waals surface area contributed by atoms with Crippen LogP contribution in [-0.2, 0) is 0 Å². The van der Waals surface area contributed by atoms with Crippen molar-refractivity contribution in [3.8, 4) is 0 Å². The van der Waals surface area contributed by atoms with Gasteiger partial charge in [-0.25, -0.2) is 0 Å². The Morgan fingerprint density at radius 3 is 1.73 bits per heavy atom. The molecule has 0 bridgehead atoms. The van der Waals surface area contributed by atoms with E-state index in [2.05, 4.69) is 45.0 Å². The molecule has 0 heterocycles. The number of unbranched alkanes of at least 4 members (excludes halogenated alkanes) is 3. The average molecular weight is 340 g/mol. The summed E-state index contributed by atoms with van der Waals surface area (Å²) in [7, 11) is -1.27. The van der Waals surface area contributed by atoms with E-state index in [0.717, 1.165) is 5.46 Å². The van der Waals surface area contributed by atoms with Gasteiger partial charge in [0.1, 0.15) is 0 Å². The van der Waals surface area contributed by atoms with Crippen LogP contribution in [-0.4, -0.2) is 24.7 Å². The van der Waals surface area contributed by atoms with Crippen LogP contribution in [0.25, 0.3) is 0 Å². The molecule has 0 aliphatic rings. The second-order valence-electron chi connectivity index (χ2n) is 6.19. The normalized spacial score (nSPS) is 11.5. The van der Waals surface area contributed by atoms with E-state index in [0.29, 0.717) is 0 Å². The lowest BCUT2D eigenvalue weighted by molar-refractivity contribution is 0.841. The summed E-state index contributed by atoms with van der Waals surface area (Å²) in [5.41, 5.74) is 1.15. The Kier molecular flexibility index (Phi) is 10.2. The summed E-state index contributed by atoms with van der Waals surface area (Å²) < 4.78 is 5.27. The molecule has 1 rings (SSSR count). The first-order valence-corrected chi connectivity index (χ1v) is 11.7. The lowest BCUT2D eigenvalue weighted by atomic mass is 9.83. The van der Waals surface area contributed by atoms with E-state index in [4.69, 9.17) is 16.1 Å². The first-order valence-electron chi connectivity index (χ1n) is 8.95. The maximum atomic E-state index is 6.69. The van der Waals surface area contributed by atoms with Gasteiger partial charge in [0.25, 0.3) is 0 Å². The molecule has 0 N–H and O–H groups in total. The summed E-state index contributed by atoms with van der Waals surface area (Å²) in [4.78, 5) is 0. The Morgan fingerprint density at radius 1 is 0.864 bits per heavy atom. The van der Waals surface area contributed by atoms with E-state index < -0.39 is 7.05 Å². The molecule has 1 nitrogen and oxygen atoms in total. The van der Waals surface area contributed by atoms with Crippen LogP contribution in [0.3, 0.4) is 0 Å². The molecule has 0 amide bonds. The van der Waals surface area contributed by atoms with Gasteiger partial charge in [-0.15, -0.1) is 0 Å². The molecule has 0 radical (unpaired) electrons. The third kappa shape index (κ3) is 6.92. The molecule has 0 aliphatic carbocycles. The summed E-state index contributed by atoms with van der Waals surface area (Å²) in [5.74, 6) is 0. The van der Waals surface area contributed by atoms with Crippen LogP contribution in [0.4, 0.5) is 0 Å². The number of halogens is 1. The Morgan fingerprint density at radius 2 is 1.32 bits per heavy atom. The molecule has 0 unspecified atom stereocenters. The minimum Gasteiger partial charge on any atom is -0.333 e. The van der Waals surface area contributed by atoms with Crippen molar-refractivity contribution in [2.45, 2.75) is 59.3 Å². The monoisotopic (exact) mass is 339 g/mol. The van der Waals surface area contributed by atoms with Gasteiger partial charge in [-0.2, -0.15) is 11.5 Å². The maximum Gasteiger partial charge on any atom is 0.412 e. The lowest BCUT2D eigenvalue weighted by Gasteiger charge is -2.26. The standard InChI is InChI=1S/C18H32BClNP/c1-4-7-15-22(16-8-5-2,17-9-6-3)21-19(20)18-13-11-10-12-14-18/h10-14H,4-9,15-17H2,1-3H3. The van der Waals surface area contributed by atoms with E-state index in [1.807, 2.05) is 6.07 Å². The van der Waals surface area contributed by atoms with Gasteiger partial charge >= 0.3 is 6.26 Å². The van der Waals surface area contributed by atoms with Crippen LogP contribution in [0.2, 0.25) is 0 Å².